The van der Waals surface area contributed by atoms with Gasteiger partial charge in [-0.15, -0.1) is 0 Å². The number of hydrogen-bond donors (Lipinski definition) is 3. The topological polar surface area (TPSA) is 84.2 Å². The number of nitrogens with two attached hydrogens (primary N) is 1. The Balaban J connectivity index is 2.10. The van der Waals surface area contributed by atoms with Crippen molar-refractivity contribution < 1.29 is 9.59 Å². The van der Waals surface area contributed by atoms with E-state index in [4.69, 9.17) is 5.73 Å². The molecular weight excluding hydrogens is 266 g/mol. The predicted octanol–water partition coefficient (Wildman–Crippen LogP) is 2.99. The second-order valence-electron chi connectivity index (χ2n) is 4.54. The third kappa shape index (κ3) is 3.82. The summed E-state index contributed by atoms with van der Waals surface area (Å²) in [5.41, 5.74) is 7.75. The summed E-state index contributed by atoms with van der Waals surface area (Å²) >= 11 is 0. The number of benzene rings is 2. The predicted molar refractivity (Wildman–Crippen MR) is 83.4 cm³/mol. The summed E-state index contributed by atoms with van der Waals surface area (Å²) in [6.07, 6.45) is 0.891. The SMILES string of the molecule is CCc1cccc(NC(=O)Nc2ccccc2C(N)=O)c1. The lowest BCUT2D eigenvalue weighted by Gasteiger charge is -2.10. The molecule has 0 heterocycles. The van der Waals surface area contributed by atoms with Gasteiger partial charge in [-0.05, 0) is 36.2 Å². The highest BCUT2D eigenvalue weighted by molar-refractivity contribution is 6.06. The quantitative estimate of drug-likeness (QED) is 0.805. The smallest absolute Gasteiger partial charge is 0.323 e. The van der Waals surface area contributed by atoms with Crippen molar-refractivity contribution in [3.63, 3.8) is 0 Å². The molecule has 2 rings (SSSR count). The molecule has 5 nitrogen and oxygen atoms in total. The number of anilines is 2. The molecule has 3 amide bonds. The number of urea groups is 1. The maximum atomic E-state index is 12.0. The Labute approximate surface area is 123 Å². The fraction of sp³-hybridized carbons (Fsp3) is 0.125. The van der Waals surface area contributed by atoms with Crippen LogP contribution in [0.5, 0.6) is 0 Å². The van der Waals surface area contributed by atoms with E-state index in [1.807, 2.05) is 25.1 Å². The molecule has 0 bridgehead atoms. The molecule has 2 aromatic rings. The molecule has 0 saturated heterocycles. The maximum absolute atomic E-state index is 12.0. The average molecular weight is 283 g/mol. The number of hydrogen-bond acceptors (Lipinski definition) is 2. The van der Waals surface area contributed by atoms with Crippen molar-refractivity contribution in [2.75, 3.05) is 10.6 Å². The Morgan fingerprint density at radius 1 is 1.05 bits per heavy atom. The van der Waals surface area contributed by atoms with Gasteiger partial charge in [-0.25, -0.2) is 4.79 Å². The molecule has 0 aliphatic heterocycles. The number of aryl methyl sites for hydroxylation is 1. The molecule has 0 fully saturated rings. The monoisotopic (exact) mass is 283 g/mol. The summed E-state index contributed by atoms with van der Waals surface area (Å²) in [4.78, 5) is 23.3. The highest BCUT2D eigenvalue weighted by Gasteiger charge is 2.10. The normalized spacial score (nSPS) is 9.95. The van der Waals surface area contributed by atoms with Crippen molar-refractivity contribution in [3.8, 4) is 0 Å². The summed E-state index contributed by atoms with van der Waals surface area (Å²) in [5, 5.41) is 5.36. The van der Waals surface area contributed by atoms with Crippen molar-refractivity contribution in [1.29, 1.82) is 0 Å². The first kappa shape index (κ1) is 14.6. The fourth-order valence-electron chi connectivity index (χ4n) is 1.96. The molecule has 0 spiro atoms. The van der Waals surface area contributed by atoms with Gasteiger partial charge in [0.25, 0.3) is 5.91 Å². The van der Waals surface area contributed by atoms with Crippen molar-refractivity contribution in [3.05, 3.63) is 59.7 Å². The first-order valence-corrected chi connectivity index (χ1v) is 6.66. The van der Waals surface area contributed by atoms with E-state index in [1.54, 1.807) is 30.3 Å². The van der Waals surface area contributed by atoms with Crippen LogP contribution in [-0.4, -0.2) is 11.9 Å². The number of amides is 3. The van der Waals surface area contributed by atoms with E-state index in [2.05, 4.69) is 10.6 Å². The highest BCUT2D eigenvalue weighted by Crippen LogP contribution is 2.16. The van der Waals surface area contributed by atoms with E-state index >= 15 is 0 Å². The minimum atomic E-state index is -0.584. The number of primary amides is 1. The van der Waals surface area contributed by atoms with Gasteiger partial charge in [0, 0.05) is 5.69 Å². The van der Waals surface area contributed by atoms with Crippen LogP contribution in [0.3, 0.4) is 0 Å². The van der Waals surface area contributed by atoms with Crippen LogP contribution >= 0.6 is 0 Å². The van der Waals surface area contributed by atoms with Crippen molar-refractivity contribution in [2.24, 2.45) is 5.73 Å². The molecule has 4 N–H and O–H groups in total. The van der Waals surface area contributed by atoms with Gasteiger partial charge >= 0.3 is 6.03 Å². The van der Waals surface area contributed by atoms with E-state index in [0.717, 1.165) is 12.0 Å². The van der Waals surface area contributed by atoms with Gasteiger partial charge in [0.05, 0.1) is 11.3 Å². The summed E-state index contributed by atoms with van der Waals surface area (Å²) in [5.74, 6) is -0.584. The summed E-state index contributed by atoms with van der Waals surface area (Å²) in [6, 6.07) is 13.8. The Morgan fingerprint density at radius 2 is 1.81 bits per heavy atom. The highest BCUT2D eigenvalue weighted by atomic mass is 16.2. The standard InChI is InChI=1S/C16H17N3O2/c1-2-11-6-5-7-12(10-11)18-16(21)19-14-9-4-3-8-13(14)15(17)20/h3-10H,2H2,1H3,(H2,17,20)(H2,18,19,21). The van der Waals surface area contributed by atoms with E-state index in [1.165, 1.54) is 0 Å². The molecule has 0 radical (unpaired) electrons. The van der Waals surface area contributed by atoms with Crippen molar-refractivity contribution >= 4 is 23.3 Å². The van der Waals surface area contributed by atoms with E-state index in [-0.39, 0.29) is 5.56 Å². The van der Waals surface area contributed by atoms with Crippen LogP contribution in [0.2, 0.25) is 0 Å². The van der Waals surface area contributed by atoms with Crippen LogP contribution in [0.1, 0.15) is 22.8 Å². The van der Waals surface area contributed by atoms with Crippen LogP contribution in [-0.2, 0) is 6.42 Å². The molecule has 0 aliphatic carbocycles. The lowest BCUT2D eigenvalue weighted by molar-refractivity contribution is 0.100. The lowest BCUT2D eigenvalue weighted by atomic mass is 10.1. The average Bonchev–Trinajstić information content (AvgIpc) is 2.47. The zero-order valence-electron chi connectivity index (χ0n) is 11.7. The minimum absolute atomic E-state index is 0.273. The molecular formula is C16H17N3O2. The summed E-state index contributed by atoms with van der Waals surface area (Å²) in [7, 11) is 0. The molecule has 0 atom stereocenters. The van der Waals surface area contributed by atoms with Crippen LogP contribution in [0.15, 0.2) is 48.5 Å². The van der Waals surface area contributed by atoms with Gasteiger partial charge in [-0.3, -0.25) is 4.79 Å². The number of rotatable bonds is 4. The molecule has 0 unspecified atom stereocenters. The summed E-state index contributed by atoms with van der Waals surface area (Å²) < 4.78 is 0. The van der Waals surface area contributed by atoms with Crippen LogP contribution in [0.25, 0.3) is 0 Å². The second-order valence-corrected chi connectivity index (χ2v) is 4.54. The Morgan fingerprint density at radius 3 is 2.52 bits per heavy atom. The Hall–Kier alpha value is -2.82. The Kier molecular flexibility index (Phi) is 4.56. The van der Waals surface area contributed by atoms with Crippen LogP contribution < -0.4 is 16.4 Å². The fourth-order valence-corrected chi connectivity index (χ4v) is 1.96. The van der Waals surface area contributed by atoms with Gasteiger partial charge < -0.3 is 16.4 Å². The molecule has 0 saturated carbocycles. The lowest BCUT2D eigenvalue weighted by Crippen LogP contribution is -2.22. The van der Waals surface area contributed by atoms with E-state index < -0.39 is 11.9 Å². The molecule has 0 aliphatic rings. The van der Waals surface area contributed by atoms with Crippen LogP contribution in [0, 0.1) is 0 Å². The van der Waals surface area contributed by atoms with Gasteiger partial charge in [0.2, 0.25) is 0 Å². The zero-order chi connectivity index (χ0) is 15.2. The first-order valence-electron chi connectivity index (χ1n) is 6.66. The third-order valence-electron chi connectivity index (χ3n) is 3.03. The maximum Gasteiger partial charge on any atom is 0.323 e. The summed E-state index contributed by atoms with van der Waals surface area (Å²) in [6.45, 7) is 2.04. The van der Waals surface area contributed by atoms with Crippen LogP contribution in [0.4, 0.5) is 16.2 Å². The van der Waals surface area contributed by atoms with E-state index in [9.17, 15) is 9.59 Å². The van der Waals surface area contributed by atoms with Gasteiger partial charge in [-0.1, -0.05) is 31.2 Å². The molecule has 2 aromatic carbocycles. The van der Waals surface area contributed by atoms with Gasteiger partial charge in [-0.2, -0.15) is 0 Å². The molecule has 5 heteroatoms. The number of carbonyl (C=O) groups excluding carboxylic acids is 2. The third-order valence-corrected chi connectivity index (χ3v) is 3.03. The minimum Gasteiger partial charge on any atom is -0.366 e. The Bertz CT molecular complexity index is 668. The van der Waals surface area contributed by atoms with Crippen molar-refractivity contribution in [2.45, 2.75) is 13.3 Å². The number of nitrogens with one attached hydrogen (secondary N) is 2. The molecule has 0 aromatic heterocycles. The van der Waals surface area contributed by atoms with E-state index in [0.29, 0.717) is 11.4 Å². The van der Waals surface area contributed by atoms with Gasteiger partial charge in [0.15, 0.2) is 0 Å². The molecule has 21 heavy (non-hydrogen) atoms. The second kappa shape index (κ2) is 6.56. The molecule has 108 valence electrons. The van der Waals surface area contributed by atoms with Gasteiger partial charge in [0.1, 0.15) is 0 Å². The number of para-hydroxylation sites is 1. The zero-order valence-corrected chi connectivity index (χ0v) is 11.7. The number of carbonyl (C=O) groups is 2. The largest absolute Gasteiger partial charge is 0.366 e. The van der Waals surface area contributed by atoms with Crippen molar-refractivity contribution in [1.82, 2.24) is 0 Å². The first-order chi connectivity index (χ1) is 10.1.